The Hall–Kier alpha value is -3.38. The Balaban J connectivity index is 1.50. The largest absolute Gasteiger partial charge is 0.497 e. The van der Waals surface area contributed by atoms with Gasteiger partial charge in [-0.15, -0.1) is 0 Å². The van der Waals surface area contributed by atoms with Crippen LogP contribution in [0.15, 0.2) is 72.8 Å². The maximum atomic E-state index is 5.79. The summed E-state index contributed by atoms with van der Waals surface area (Å²) >= 11 is 5.79. The molecule has 0 aliphatic heterocycles. The number of nitrogens with one attached hydrogen (secondary N) is 2. The topological polar surface area (TPSA) is 53.2 Å². The Morgan fingerprint density at radius 3 is 2.65 bits per heavy atom. The molecule has 0 radical (unpaired) electrons. The van der Waals surface area contributed by atoms with Crippen molar-refractivity contribution in [3.8, 4) is 5.75 Å². The third kappa shape index (κ3) is 5.41. The lowest BCUT2D eigenvalue weighted by atomic mass is 10.1. The van der Waals surface area contributed by atoms with E-state index < -0.39 is 0 Å². The number of benzene rings is 3. The molecule has 5 nitrogen and oxygen atoms in total. The van der Waals surface area contributed by atoms with Crippen molar-refractivity contribution in [3.63, 3.8) is 0 Å². The number of para-hydroxylation sites is 2. The Morgan fingerprint density at radius 1 is 1.06 bits per heavy atom. The van der Waals surface area contributed by atoms with Crippen LogP contribution in [0.25, 0.3) is 11.0 Å². The van der Waals surface area contributed by atoms with Crippen molar-refractivity contribution in [3.05, 3.63) is 89.7 Å². The summed E-state index contributed by atoms with van der Waals surface area (Å²) in [7, 11) is 1.66. The maximum Gasteiger partial charge on any atom is 0.173 e. The van der Waals surface area contributed by atoms with E-state index >= 15 is 0 Å². The molecule has 4 rings (SSSR count). The third-order valence-electron chi connectivity index (χ3n) is 5.16. The highest BCUT2D eigenvalue weighted by atomic mass is 32.1. The molecule has 158 valence electrons. The van der Waals surface area contributed by atoms with E-state index in [1.165, 1.54) is 11.1 Å². The average Bonchev–Trinajstić information content (AvgIpc) is 3.21. The van der Waals surface area contributed by atoms with E-state index in [-0.39, 0.29) is 0 Å². The molecule has 1 aromatic heterocycles. The van der Waals surface area contributed by atoms with Crippen molar-refractivity contribution in [1.29, 1.82) is 0 Å². The van der Waals surface area contributed by atoms with Crippen LogP contribution in [0.5, 0.6) is 5.75 Å². The van der Waals surface area contributed by atoms with Crippen LogP contribution in [0, 0.1) is 6.92 Å². The van der Waals surface area contributed by atoms with Gasteiger partial charge in [0.2, 0.25) is 0 Å². The Kier molecular flexibility index (Phi) is 6.48. The third-order valence-corrected chi connectivity index (χ3v) is 5.52. The van der Waals surface area contributed by atoms with E-state index in [4.69, 9.17) is 21.9 Å². The monoisotopic (exact) mass is 430 g/mol. The number of thiocarbonyl (C=S) groups is 1. The molecule has 0 atom stereocenters. The van der Waals surface area contributed by atoms with Gasteiger partial charge in [-0.25, -0.2) is 4.98 Å². The zero-order valence-corrected chi connectivity index (χ0v) is 18.6. The van der Waals surface area contributed by atoms with Gasteiger partial charge in [-0.05, 0) is 49.0 Å². The normalized spacial score (nSPS) is 10.8. The molecular formula is C25H26N4OS. The minimum absolute atomic E-state index is 0.671. The summed E-state index contributed by atoms with van der Waals surface area (Å²) in [5.41, 5.74) is 5.40. The van der Waals surface area contributed by atoms with Gasteiger partial charge in [0, 0.05) is 31.3 Å². The lowest BCUT2D eigenvalue weighted by Gasteiger charge is -2.26. The SMILES string of the molecule is COc1cccc(NC(=S)N(CCc2nc3ccccc3[nH]2)Cc2ccc(C)cc2)c1. The van der Waals surface area contributed by atoms with Crippen LogP contribution in [-0.4, -0.2) is 33.6 Å². The Labute approximate surface area is 188 Å². The van der Waals surface area contributed by atoms with Crippen LogP contribution in [0.4, 0.5) is 5.69 Å². The second-order valence-electron chi connectivity index (χ2n) is 7.52. The lowest BCUT2D eigenvalue weighted by Crippen LogP contribution is -2.36. The number of ether oxygens (including phenoxy) is 1. The molecule has 0 spiro atoms. The number of hydrogen-bond donors (Lipinski definition) is 2. The van der Waals surface area contributed by atoms with E-state index in [0.717, 1.165) is 47.8 Å². The molecule has 4 aromatic rings. The molecule has 0 saturated heterocycles. The zero-order chi connectivity index (χ0) is 21.6. The van der Waals surface area contributed by atoms with Crippen LogP contribution >= 0.6 is 12.2 Å². The highest BCUT2D eigenvalue weighted by Gasteiger charge is 2.13. The van der Waals surface area contributed by atoms with Gasteiger partial charge in [-0.1, -0.05) is 48.0 Å². The van der Waals surface area contributed by atoms with Crippen molar-refractivity contribution in [2.24, 2.45) is 0 Å². The van der Waals surface area contributed by atoms with Gasteiger partial charge < -0.3 is 19.9 Å². The number of fused-ring (bicyclic) bond motifs is 1. The summed E-state index contributed by atoms with van der Waals surface area (Å²) in [4.78, 5) is 10.3. The molecule has 0 fully saturated rings. The Bertz CT molecular complexity index is 1140. The van der Waals surface area contributed by atoms with E-state index in [1.54, 1.807) is 7.11 Å². The van der Waals surface area contributed by atoms with E-state index in [2.05, 4.69) is 46.4 Å². The number of nitrogens with zero attached hydrogens (tertiary/aromatic N) is 2. The van der Waals surface area contributed by atoms with Crippen molar-refractivity contribution in [1.82, 2.24) is 14.9 Å². The van der Waals surface area contributed by atoms with Gasteiger partial charge in [0.15, 0.2) is 5.11 Å². The first-order valence-electron chi connectivity index (χ1n) is 10.3. The fourth-order valence-corrected chi connectivity index (χ4v) is 3.71. The second kappa shape index (κ2) is 9.62. The highest BCUT2D eigenvalue weighted by molar-refractivity contribution is 7.80. The van der Waals surface area contributed by atoms with Crippen LogP contribution in [-0.2, 0) is 13.0 Å². The standard InChI is InChI=1S/C25H26N4OS/c1-18-10-12-19(13-11-18)17-29(25(31)26-20-6-5-7-21(16-20)30-2)15-14-24-27-22-8-3-4-9-23(22)28-24/h3-13,16H,14-15,17H2,1-2H3,(H,26,31)(H,27,28). The van der Waals surface area contributed by atoms with Crippen LogP contribution in [0.1, 0.15) is 17.0 Å². The summed E-state index contributed by atoms with van der Waals surface area (Å²) in [5, 5.41) is 4.03. The maximum absolute atomic E-state index is 5.79. The van der Waals surface area contributed by atoms with Gasteiger partial charge >= 0.3 is 0 Å². The molecule has 0 bridgehead atoms. The summed E-state index contributed by atoms with van der Waals surface area (Å²) in [6, 6.07) is 24.4. The number of methoxy groups -OCH3 is 1. The molecule has 0 saturated carbocycles. The molecule has 2 N–H and O–H groups in total. The predicted molar refractivity (Wildman–Crippen MR) is 131 cm³/mol. The molecule has 3 aromatic carbocycles. The smallest absolute Gasteiger partial charge is 0.173 e. The second-order valence-corrected chi connectivity index (χ2v) is 7.91. The van der Waals surface area contributed by atoms with Crippen molar-refractivity contribution >= 4 is 34.1 Å². The van der Waals surface area contributed by atoms with Gasteiger partial charge in [0.25, 0.3) is 0 Å². The summed E-state index contributed by atoms with van der Waals surface area (Å²) in [6.45, 7) is 3.55. The molecule has 1 heterocycles. The molecule has 0 unspecified atom stereocenters. The number of H-pyrrole nitrogens is 1. The first kappa shape index (κ1) is 20.9. The minimum atomic E-state index is 0.671. The molecule has 6 heteroatoms. The van der Waals surface area contributed by atoms with Crippen LogP contribution in [0.3, 0.4) is 0 Å². The van der Waals surface area contributed by atoms with E-state index in [9.17, 15) is 0 Å². The van der Waals surface area contributed by atoms with Crippen LogP contribution in [0.2, 0.25) is 0 Å². The fraction of sp³-hybridized carbons (Fsp3) is 0.200. The number of aryl methyl sites for hydroxylation is 1. The molecule has 0 amide bonds. The summed E-state index contributed by atoms with van der Waals surface area (Å²) < 4.78 is 5.33. The number of imidazole rings is 1. The quantitative estimate of drug-likeness (QED) is 0.389. The van der Waals surface area contributed by atoms with Gasteiger partial charge in [-0.3, -0.25) is 0 Å². The summed E-state index contributed by atoms with van der Waals surface area (Å²) in [6.07, 6.45) is 0.764. The van der Waals surface area contributed by atoms with E-state index in [0.29, 0.717) is 5.11 Å². The molecule has 0 aliphatic rings. The number of anilines is 1. The highest BCUT2D eigenvalue weighted by Crippen LogP contribution is 2.18. The number of aromatic nitrogens is 2. The molecular weight excluding hydrogens is 404 g/mol. The lowest BCUT2D eigenvalue weighted by molar-refractivity contribution is 0.414. The fourth-order valence-electron chi connectivity index (χ4n) is 3.43. The van der Waals surface area contributed by atoms with Crippen LogP contribution < -0.4 is 10.1 Å². The number of hydrogen-bond acceptors (Lipinski definition) is 3. The van der Waals surface area contributed by atoms with Crippen molar-refractivity contribution in [2.75, 3.05) is 19.0 Å². The Morgan fingerprint density at radius 2 is 1.87 bits per heavy atom. The molecule has 0 aliphatic carbocycles. The van der Waals surface area contributed by atoms with Gasteiger partial charge in [0.1, 0.15) is 11.6 Å². The zero-order valence-electron chi connectivity index (χ0n) is 17.8. The van der Waals surface area contributed by atoms with Gasteiger partial charge in [0.05, 0.1) is 18.1 Å². The first-order valence-corrected chi connectivity index (χ1v) is 10.7. The predicted octanol–water partition coefficient (Wildman–Crippen LogP) is 5.32. The van der Waals surface area contributed by atoms with Gasteiger partial charge in [-0.2, -0.15) is 0 Å². The molecule has 31 heavy (non-hydrogen) atoms. The summed E-state index contributed by atoms with van der Waals surface area (Å²) in [5.74, 6) is 1.75. The van der Waals surface area contributed by atoms with E-state index in [1.807, 2.05) is 48.5 Å². The van der Waals surface area contributed by atoms with Crippen molar-refractivity contribution < 1.29 is 4.74 Å². The number of rotatable bonds is 7. The average molecular weight is 431 g/mol. The van der Waals surface area contributed by atoms with Crippen molar-refractivity contribution in [2.45, 2.75) is 19.9 Å². The minimum Gasteiger partial charge on any atom is -0.497 e. The number of aromatic amines is 1. The first-order chi connectivity index (χ1) is 15.1.